The molecular weight excluding hydrogens is 311 g/mol. The van der Waals surface area contributed by atoms with Crippen molar-refractivity contribution in [2.45, 2.75) is 44.2 Å². The van der Waals surface area contributed by atoms with Crippen molar-refractivity contribution in [2.24, 2.45) is 0 Å². The lowest BCUT2D eigenvalue weighted by Crippen LogP contribution is -2.55. The molecule has 2 amide bonds. The van der Waals surface area contributed by atoms with Crippen LogP contribution >= 0.6 is 0 Å². The lowest BCUT2D eigenvalue weighted by molar-refractivity contribution is 0.0800. The van der Waals surface area contributed by atoms with E-state index in [0.717, 1.165) is 25.7 Å². The number of nitrogens with zero attached hydrogens (tertiary/aromatic N) is 3. The molecule has 2 aliphatic heterocycles. The van der Waals surface area contributed by atoms with Crippen molar-refractivity contribution in [3.05, 3.63) is 24.1 Å². The van der Waals surface area contributed by atoms with E-state index in [1.807, 2.05) is 11.8 Å². The molecule has 2 atom stereocenters. The Morgan fingerprint density at radius 2 is 2.38 bits per heavy atom. The molecule has 0 aromatic carbocycles. The highest BCUT2D eigenvalue weighted by Gasteiger charge is 2.42. The van der Waals surface area contributed by atoms with Crippen LogP contribution in [-0.2, 0) is 0 Å². The van der Waals surface area contributed by atoms with Crippen molar-refractivity contribution in [1.82, 2.24) is 15.2 Å². The minimum Gasteiger partial charge on any atom is -0.394 e. The zero-order chi connectivity index (χ0) is 17.2. The highest BCUT2D eigenvalue weighted by Crippen LogP contribution is 2.32. The largest absolute Gasteiger partial charge is 0.394 e. The summed E-state index contributed by atoms with van der Waals surface area (Å²) in [5.41, 5.74) is -0.435. The van der Waals surface area contributed by atoms with E-state index in [4.69, 9.17) is 0 Å². The zero-order valence-corrected chi connectivity index (χ0v) is 14.0. The topological polar surface area (TPSA) is 68.7 Å². The van der Waals surface area contributed by atoms with E-state index < -0.39 is 5.54 Å². The molecule has 0 unspecified atom stereocenters. The van der Waals surface area contributed by atoms with E-state index in [1.54, 1.807) is 17.2 Å². The summed E-state index contributed by atoms with van der Waals surface area (Å²) >= 11 is 0. The van der Waals surface area contributed by atoms with Crippen LogP contribution in [0.3, 0.4) is 0 Å². The molecule has 0 aliphatic carbocycles. The molecule has 0 spiro atoms. The van der Waals surface area contributed by atoms with Crippen molar-refractivity contribution in [3.8, 4) is 0 Å². The molecule has 2 aliphatic rings. The first kappa shape index (κ1) is 17.0. The molecule has 3 rings (SSSR count). The molecule has 132 valence electrons. The number of amides is 2. The maximum atomic E-state index is 13.8. The lowest BCUT2D eigenvalue weighted by atomic mass is 9.94. The summed E-state index contributed by atoms with van der Waals surface area (Å²) in [4.78, 5) is 20.4. The molecule has 3 heterocycles. The molecule has 7 heteroatoms. The first-order valence-electron chi connectivity index (χ1n) is 8.64. The number of hydrogen-bond acceptors (Lipinski definition) is 4. The number of anilines is 1. The summed E-state index contributed by atoms with van der Waals surface area (Å²) in [6, 6.07) is 2.81. The number of nitrogens with one attached hydrogen (secondary N) is 1. The van der Waals surface area contributed by atoms with Gasteiger partial charge in [0.25, 0.3) is 0 Å². The standard InChI is InChI=1S/C17H25FN4O2/c1-2-17(12-23)7-4-9-22(17)16(24)20-13-6-10-21(11-13)15-14(18)5-3-8-19-15/h3,5,8,13,23H,2,4,6-7,9-12H2,1H3,(H,20,24)/t13-,17-/m0/s1. The van der Waals surface area contributed by atoms with Gasteiger partial charge in [-0.2, -0.15) is 0 Å². The van der Waals surface area contributed by atoms with Gasteiger partial charge in [-0.25, -0.2) is 14.2 Å². The van der Waals surface area contributed by atoms with Crippen molar-refractivity contribution >= 4 is 11.8 Å². The highest BCUT2D eigenvalue weighted by molar-refractivity contribution is 5.76. The van der Waals surface area contributed by atoms with E-state index >= 15 is 0 Å². The molecule has 2 fully saturated rings. The van der Waals surface area contributed by atoms with Gasteiger partial charge in [0.15, 0.2) is 11.6 Å². The highest BCUT2D eigenvalue weighted by atomic mass is 19.1. The summed E-state index contributed by atoms with van der Waals surface area (Å²) in [7, 11) is 0. The third kappa shape index (κ3) is 3.05. The van der Waals surface area contributed by atoms with Crippen LogP contribution in [-0.4, -0.2) is 58.8 Å². The van der Waals surface area contributed by atoms with Crippen molar-refractivity contribution in [3.63, 3.8) is 0 Å². The van der Waals surface area contributed by atoms with Gasteiger partial charge in [-0.05, 0) is 37.8 Å². The smallest absolute Gasteiger partial charge is 0.318 e. The molecule has 2 saturated heterocycles. The van der Waals surface area contributed by atoms with Gasteiger partial charge < -0.3 is 20.2 Å². The Morgan fingerprint density at radius 3 is 3.08 bits per heavy atom. The number of aliphatic hydroxyl groups is 1. The number of rotatable bonds is 4. The Hall–Kier alpha value is -1.89. The predicted octanol–water partition coefficient (Wildman–Crippen LogP) is 1.75. The second-order valence-electron chi connectivity index (χ2n) is 6.68. The van der Waals surface area contributed by atoms with Gasteiger partial charge in [0.1, 0.15) is 0 Å². The van der Waals surface area contributed by atoms with Crippen LogP contribution in [0, 0.1) is 5.82 Å². The zero-order valence-electron chi connectivity index (χ0n) is 14.0. The summed E-state index contributed by atoms with van der Waals surface area (Å²) < 4.78 is 13.8. The number of carbonyl (C=O) groups excluding carboxylic acids is 1. The second kappa shape index (κ2) is 6.93. The van der Waals surface area contributed by atoms with Crippen LogP contribution < -0.4 is 10.2 Å². The van der Waals surface area contributed by atoms with Gasteiger partial charge in [-0.1, -0.05) is 6.92 Å². The van der Waals surface area contributed by atoms with E-state index in [9.17, 15) is 14.3 Å². The van der Waals surface area contributed by atoms with E-state index in [-0.39, 0.29) is 24.5 Å². The fourth-order valence-electron chi connectivity index (χ4n) is 3.83. The van der Waals surface area contributed by atoms with Crippen LogP contribution in [0.4, 0.5) is 15.0 Å². The summed E-state index contributed by atoms with van der Waals surface area (Å²) in [5.74, 6) is 0.00276. The van der Waals surface area contributed by atoms with E-state index in [2.05, 4.69) is 10.3 Å². The molecule has 2 N–H and O–H groups in total. The Bertz CT molecular complexity index is 594. The molecule has 1 aromatic heterocycles. The van der Waals surface area contributed by atoms with Crippen molar-refractivity contribution in [2.75, 3.05) is 31.1 Å². The molecule has 0 saturated carbocycles. The van der Waals surface area contributed by atoms with Gasteiger partial charge in [0.05, 0.1) is 12.1 Å². The van der Waals surface area contributed by atoms with Crippen LogP contribution in [0.2, 0.25) is 0 Å². The number of likely N-dealkylation sites (tertiary alicyclic amines) is 1. The summed E-state index contributed by atoms with van der Waals surface area (Å²) in [6.45, 7) is 3.88. The van der Waals surface area contributed by atoms with Crippen LogP contribution in [0.1, 0.15) is 32.6 Å². The third-order valence-electron chi connectivity index (χ3n) is 5.35. The number of aliphatic hydroxyl groups excluding tert-OH is 1. The van der Waals surface area contributed by atoms with Crippen LogP contribution in [0.25, 0.3) is 0 Å². The Balaban J connectivity index is 1.61. The maximum Gasteiger partial charge on any atom is 0.318 e. The number of carbonyl (C=O) groups is 1. The summed E-state index contributed by atoms with van der Waals surface area (Å²) in [5, 5.41) is 12.8. The van der Waals surface area contributed by atoms with E-state index in [0.29, 0.717) is 25.5 Å². The number of urea groups is 1. The van der Waals surface area contributed by atoms with E-state index in [1.165, 1.54) is 6.07 Å². The molecular formula is C17H25FN4O2. The minimum absolute atomic E-state index is 0.00709. The fourth-order valence-corrected chi connectivity index (χ4v) is 3.83. The SMILES string of the molecule is CC[C@@]1(CO)CCCN1C(=O)N[C@H]1CCN(c2ncccc2F)C1. The molecule has 24 heavy (non-hydrogen) atoms. The fraction of sp³-hybridized carbons (Fsp3) is 0.647. The number of hydrogen-bond donors (Lipinski definition) is 2. The summed E-state index contributed by atoms with van der Waals surface area (Å²) in [6.07, 6.45) is 4.83. The Morgan fingerprint density at radius 1 is 1.54 bits per heavy atom. The van der Waals surface area contributed by atoms with Crippen molar-refractivity contribution in [1.29, 1.82) is 0 Å². The Kier molecular flexibility index (Phi) is 4.89. The normalized spacial score (nSPS) is 26.9. The molecule has 6 nitrogen and oxygen atoms in total. The second-order valence-corrected chi connectivity index (χ2v) is 6.68. The monoisotopic (exact) mass is 336 g/mol. The Labute approximate surface area is 141 Å². The number of pyridine rings is 1. The first-order valence-corrected chi connectivity index (χ1v) is 8.64. The number of halogens is 1. The third-order valence-corrected chi connectivity index (χ3v) is 5.35. The maximum absolute atomic E-state index is 13.8. The van der Waals surface area contributed by atoms with Crippen LogP contribution in [0.5, 0.6) is 0 Å². The van der Waals surface area contributed by atoms with Gasteiger partial charge in [0.2, 0.25) is 0 Å². The van der Waals surface area contributed by atoms with Gasteiger partial charge in [0, 0.05) is 31.9 Å². The molecule has 1 aromatic rings. The number of aromatic nitrogens is 1. The molecule has 0 radical (unpaired) electrons. The van der Waals surface area contributed by atoms with Crippen LogP contribution in [0.15, 0.2) is 18.3 Å². The van der Waals surface area contributed by atoms with Crippen molar-refractivity contribution < 1.29 is 14.3 Å². The lowest BCUT2D eigenvalue weighted by Gasteiger charge is -2.37. The molecule has 0 bridgehead atoms. The van der Waals surface area contributed by atoms with Gasteiger partial charge >= 0.3 is 6.03 Å². The van der Waals surface area contributed by atoms with Gasteiger partial charge in [-0.3, -0.25) is 0 Å². The first-order chi connectivity index (χ1) is 11.6. The predicted molar refractivity (Wildman–Crippen MR) is 89.4 cm³/mol. The minimum atomic E-state index is -0.435. The average molecular weight is 336 g/mol. The average Bonchev–Trinajstić information content (AvgIpc) is 3.22. The van der Waals surface area contributed by atoms with Gasteiger partial charge in [-0.15, -0.1) is 0 Å². The quantitative estimate of drug-likeness (QED) is 0.879.